The number of hydrogen-bond acceptors (Lipinski definition) is 0. The summed E-state index contributed by atoms with van der Waals surface area (Å²) in [7, 11) is 0. The van der Waals surface area contributed by atoms with Crippen molar-refractivity contribution < 1.29 is 0 Å². The zero-order valence-corrected chi connectivity index (χ0v) is 25.2. The summed E-state index contributed by atoms with van der Waals surface area (Å²) in [6.45, 7) is 0. The second-order valence-corrected chi connectivity index (χ2v) is 12.4. The molecule has 0 atom stereocenters. The van der Waals surface area contributed by atoms with E-state index in [4.69, 9.17) is 0 Å². The first-order valence-corrected chi connectivity index (χ1v) is 16.0. The van der Waals surface area contributed by atoms with Gasteiger partial charge in [0.25, 0.3) is 0 Å². The van der Waals surface area contributed by atoms with Crippen molar-refractivity contribution in [2.75, 3.05) is 0 Å². The van der Waals surface area contributed by atoms with Gasteiger partial charge in [0.2, 0.25) is 0 Å². The molecule has 0 heteroatoms. The summed E-state index contributed by atoms with van der Waals surface area (Å²) in [5, 5.41) is 10.3. The minimum Gasteiger partial charge on any atom is -0.0622 e. The third-order valence-electron chi connectivity index (χ3n) is 10.0. The van der Waals surface area contributed by atoms with Crippen LogP contribution in [0.2, 0.25) is 0 Å². The molecule has 0 amide bonds. The van der Waals surface area contributed by atoms with Crippen molar-refractivity contribution in [2.45, 2.75) is 0 Å². The molecule has 0 bridgehead atoms. The average Bonchev–Trinajstić information content (AvgIpc) is 3.46. The van der Waals surface area contributed by atoms with Crippen molar-refractivity contribution in [3.05, 3.63) is 170 Å². The number of rotatable bonds is 3. The van der Waals surface area contributed by atoms with E-state index in [0.717, 1.165) is 0 Å². The number of fused-ring (bicyclic) bond motifs is 6. The van der Waals surface area contributed by atoms with E-state index < -0.39 is 0 Å². The highest BCUT2D eigenvalue weighted by atomic mass is 14.3. The Bertz CT molecular complexity index is 2640. The predicted molar refractivity (Wildman–Crippen MR) is 197 cm³/mol. The maximum Gasteiger partial charge on any atom is -0.00201 e. The zero-order chi connectivity index (χ0) is 30.2. The fourth-order valence-electron chi connectivity index (χ4n) is 8.06. The molecule has 0 fully saturated rings. The van der Waals surface area contributed by atoms with Crippen molar-refractivity contribution in [1.29, 1.82) is 0 Å². The summed E-state index contributed by atoms with van der Waals surface area (Å²) >= 11 is 0. The molecule has 0 saturated heterocycles. The molecule has 0 unspecified atom stereocenters. The second kappa shape index (κ2) is 9.76. The summed E-state index contributed by atoms with van der Waals surface area (Å²) in [4.78, 5) is 0. The molecular weight excluding hydrogens is 553 g/mol. The van der Waals surface area contributed by atoms with Gasteiger partial charge in [0.15, 0.2) is 0 Å². The molecule has 1 aliphatic rings. The maximum atomic E-state index is 2.44. The lowest BCUT2D eigenvalue weighted by Gasteiger charge is -2.20. The topological polar surface area (TPSA) is 0 Å². The first kappa shape index (κ1) is 25.4. The fraction of sp³-hybridized carbons (Fsp3) is 0. The van der Waals surface area contributed by atoms with Gasteiger partial charge in [0.05, 0.1) is 0 Å². The molecule has 0 radical (unpaired) electrons. The lowest BCUT2D eigenvalue weighted by Crippen LogP contribution is -1.93. The van der Waals surface area contributed by atoms with Crippen LogP contribution in [0.4, 0.5) is 0 Å². The maximum absolute atomic E-state index is 2.44. The normalized spacial score (nSPS) is 11.9. The van der Waals surface area contributed by atoms with E-state index in [-0.39, 0.29) is 0 Å². The van der Waals surface area contributed by atoms with Crippen molar-refractivity contribution >= 4 is 43.1 Å². The molecule has 0 N–H and O–H groups in total. The molecule has 9 aromatic carbocycles. The van der Waals surface area contributed by atoms with Gasteiger partial charge in [-0.2, -0.15) is 0 Å². The lowest BCUT2D eigenvalue weighted by atomic mass is 9.83. The van der Waals surface area contributed by atoms with E-state index in [1.54, 1.807) is 0 Å². The van der Waals surface area contributed by atoms with Gasteiger partial charge < -0.3 is 0 Å². The average molecular weight is 581 g/mol. The van der Waals surface area contributed by atoms with Gasteiger partial charge in [0.1, 0.15) is 0 Å². The smallest absolute Gasteiger partial charge is 0.00201 e. The van der Waals surface area contributed by atoms with Crippen LogP contribution >= 0.6 is 0 Å². The SMILES string of the molecule is c1ccc(-c2c3ccccc3c(-c3ccc4c5c(cccc35)-c3ccccc3-4)c3ccc(-c4cccc5ccccc45)cc23)cc1. The Morgan fingerprint density at radius 1 is 0.239 bits per heavy atom. The Kier molecular flexibility index (Phi) is 5.38. The van der Waals surface area contributed by atoms with E-state index in [1.165, 1.54) is 98.7 Å². The molecule has 9 aromatic rings. The van der Waals surface area contributed by atoms with Crippen LogP contribution in [-0.2, 0) is 0 Å². The van der Waals surface area contributed by atoms with Crippen LogP contribution in [0.5, 0.6) is 0 Å². The standard InChI is InChI=1S/C46H28/c1-2-13-30(14-3-1)44-37-19-8-9-20-38(37)46(41-27-26-40-35-18-7-6-17-34(35)36-22-11-23-39(41)45(36)40)42-25-24-31(28-43(42)44)33-21-10-15-29-12-4-5-16-32(29)33/h1-28H. The highest BCUT2D eigenvalue weighted by Gasteiger charge is 2.24. The molecule has 1 aliphatic carbocycles. The molecule has 0 heterocycles. The zero-order valence-electron chi connectivity index (χ0n) is 25.2. The summed E-state index contributed by atoms with van der Waals surface area (Å²) in [5.41, 5.74) is 12.9. The van der Waals surface area contributed by atoms with Crippen LogP contribution in [0.3, 0.4) is 0 Å². The highest BCUT2D eigenvalue weighted by Crippen LogP contribution is 2.52. The van der Waals surface area contributed by atoms with Gasteiger partial charge in [0, 0.05) is 0 Å². The van der Waals surface area contributed by atoms with Crippen LogP contribution in [0.15, 0.2) is 170 Å². The predicted octanol–water partition coefficient (Wildman–Crippen LogP) is 12.9. The van der Waals surface area contributed by atoms with Crippen LogP contribution in [0, 0.1) is 0 Å². The van der Waals surface area contributed by atoms with E-state index in [1.807, 2.05) is 0 Å². The van der Waals surface area contributed by atoms with Crippen LogP contribution < -0.4 is 0 Å². The Morgan fingerprint density at radius 2 is 0.783 bits per heavy atom. The number of benzene rings is 9. The Hall–Kier alpha value is -5.98. The molecule has 10 rings (SSSR count). The van der Waals surface area contributed by atoms with Gasteiger partial charge in [-0.15, -0.1) is 0 Å². The molecule has 212 valence electrons. The molecule has 0 spiro atoms. The first-order valence-electron chi connectivity index (χ1n) is 16.0. The molecular formula is C46H28. The van der Waals surface area contributed by atoms with Crippen molar-refractivity contribution in [3.8, 4) is 55.6 Å². The molecule has 0 saturated carbocycles. The third-order valence-corrected chi connectivity index (χ3v) is 10.0. The van der Waals surface area contributed by atoms with Crippen LogP contribution in [0.25, 0.3) is 98.7 Å². The molecule has 0 aliphatic heterocycles. The van der Waals surface area contributed by atoms with Crippen LogP contribution in [-0.4, -0.2) is 0 Å². The first-order chi connectivity index (χ1) is 22.8. The molecule has 0 nitrogen and oxygen atoms in total. The largest absolute Gasteiger partial charge is 0.0622 e. The lowest BCUT2D eigenvalue weighted by molar-refractivity contribution is 1.65. The van der Waals surface area contributed by atoms with Gasteiger partial charge in [-0.25, -0.2) is 0 Å². The Labute approximate surface area is 267 Å². The Morgan fingerprint density at radius 3 is 1.61 bits per heavy atom. The Balaban J connectivity index is 1.35. The van der Waals surface area contributed by atoms with Crippen molar-refractivity contribution in [1.82, 2.24) is 0 Å². The fourth-order valence-corrected chi connectivity index (χ4v) is 8.06. The van der Waals surface area contributed by atoms with Crippen molar-refractivity contribution in [3.63, 3.8) is 0 Å². The van der Waals surface area contributed by atoms with E-state index in [9.17, 15) is 0 Å². The van der Waals surface area contributed by atoms with Crippen molar-refractivity contribution in [2.24, 2.45) is 0 Å². The molecule has 46 heavy (non-hydrogen) atoms. The van der Waals surface area contributed by atoms with E-state index in [2.05, 4.69) is 170 Å². The molecule has 0 aromatic heterocycles. The minimum absolute atomic E-state index is 1.23. The third kappa shape index (κ3) is 3.56. The van der Waals surface area contributed by atoms with Gasteiger partial charge in [-0.1, -0.05) is 164 Å². The summed E-state index contributed by atoms with van der Waals surface area (Å²) in [6, 6.07) is 62.8. The second-order valence-electron chi connectivity index (χ2n) is 12.4. The summed E-state index contributed by atoms with van der Waals surface area (Å²) in [5.74, 6) is 0. The summed E-state index contributed by atoms with van der Waals surface area (Å²) in [6.07, 6.45) is 0. The quantitative estimate of drug-likeness (QED) is 0.182. The van der Waals surface area contributed by atoms with Crippen LogP contribution in [0.1, 0.15) is 0 Å². The minimum atomic E-state index is 1.23. The number of hydrogen-bond donors (Lipinski definition) is 0. The highest BCUT2D eigenvalue weighted by molar-refractivity contribution is 6.26. The summed E-state index contributed by atoms with van der Waals surface area (Å²) < 4.78 is 0. The van der Waals surface area contributed by atoms with Gasteiger partial charge in [-0.05, 0) is 105 Å². The van der Waals surface area contributed by atoms with Gasteiger partial charge in [-0.3, -0.25) is 0 Å². The van der Waals surface area contributed by atoms with Gasteiger partial charge >= 0.3 is 0 Å². The monoisotopic (exact) mass is 580 g/mol. The van der Waals surface area contributed by atoms with E-state index >= 15 is 0 Å². The van der Waals surface area contributed by atoms with E-state index in [0.29, 0.717) is 0 Å².